The molecule has 0 bridgehead atoms. The molecule has 1 amide bonds. The zero-order valence-electron chi connectivity index (χ0n) is 13.2. The zero-order valence-corrected chi connectivity index (χ0v) is 13.2. The fourth-order valence-corrected chi connectivity index (χ4v) is 2.45. The predicted molar refractivity (Wildman–Crippen MR) is 82.2 cm³/mol. The number of fused-ring (bicyclic) bond motifs is 1. The first kappa shape index (κ1) is 15.2. The van der Waals surface area contributed by atoms with Crippen molar-refractivity contribution < 1.29 is 4.79 Å². The Morgan fingerprint density at radius 1 is 1.33 bits per heavy atom. The van der Waals surface area contributed by atoms with Crippen LogP contribution in [0, 0.1) is 13.8 Å². The summed E-state index contributed by atoms with van der Waals surface area (Å²) in [4.78, 5) is 20.9. The van der Waals surface area contributed by atoms with Crippen LogP contribution in [0.1, 0.15) is 31.3 Å². The van der Waals surface area contributed by atoms with Gasteiger partial charge in [-0.1, -0.05) is 13.3 Å². The van der Waals surface area contributed by atoms with Crippen molar-refractivity contribution in [2.75, 3.05) is 12.4 Å². The molecule has 0 radical (unpaired) electrons. The van der Waals surface area contributed by atoms with Crippen LogP contribution in [-0.2, 0) is 11.8 Å². The molecular weight excluding hydrogens is 268 g/mol. The van der Waals surface area contributed by atoms with Crippen molar-refractivity contribution >= 4 is 22.8 Å². The lowest BCUT2D eigenvalue weighted by molar-refractivity contribution is -0.121. The molecule has 1 atom stereocenters. The molecule has 1 unspecified atom stereocenters. The van der Waals surface area contributed by atoms with Crippen molar-refractivity contribution in [3.05, 3.63) is 11.5 Å². The van der Waals surface area contributed by atoms with Crippen LogP contribution < -0.4 is 10.6 Å². The van der Waals surface area contributed by atoms with E-state index in [4.69, 9.17) is 0 Å². The number of anilines is 1. The van der Waals surface area contributed by atoms with E-state index in [-0.39, 0.29) is 11.9 Å². The monoisotopic (exact) mass is 290 g/mol. The van der Waals surface area contributed by atoms with Gasteiger partial charge >= 0.3 is 0 Å². The van der Waals surface area contributed by atoms with Crippen molar-refractivity contribution in [3.63, 3.8) is 0 Å². The number of carbonyl (C=O) groups is 1. The summed E-state index contributed by atoms with van der Waals surface area (Å²) in [6.45, 7) is 5.80. The van der Waals surface area contributed by atoms with Gasteiger partial charge in [0.2, 0.25) is 5.91 Å². The molecule has 2 aromatic rings. The molecule has 0 aliphatic carbocycles. The Balaban J connectivity index is 2.47. The van der Waals surface area contributed by atoms with Crippen LogP contribution in [0.25, 0.3) is 11.0 Å². The number of nitrogens with one attached hydrogen (secondary N) is 2. The van der Waals surface area contributed by atoms with Crippen LogP contribution in [0.5, 0.6) is 0 Å². The highest BCUT2D eigenvalue weighted by Gasteiger charge is 2.20. The highest BCUT2D eigenvalue weighted by molar-refractivity contribution is 5.92. The molecule has 0 saturated carbocycles. The van der Waals surface area contributed by atoms with E-state index in [0.717, 1.165) is 29.6 Å². The summed E-state index contributed by atoms with van der Waals surface area (Å²) in [5, 5.41) is 11.2. The summed E-state index contributed by atoms with van der Waals surface area (Å²) in [6, 6.07) is -0.308. The van der Waals surface area contributed by atoms with Crippen molar-refractivity contribution in [2.45, 2.75) is 39.7 Å². The smallest absolute Gasteiger partial charge is 0.242 e. The van der Waals surface area contributed by atoms with Crippen LogP contribution in [0.15, 0.2) is 0 Å². The molecule has 2 rings (SSSR count). The molecule has 0 aliphatic heterocycles. The normalized spacial score (nSPS) is 12.4. The van der Waals surface area contributed by atoms with Crippen molar-refractivity contribution in [3.8, 4) is 0 Å². The van der Waals surface area contributed by atoms with E-state index in [0.29, 0.717) is 11.6 Å². The Morgan fingerprint density at radius 2 is 2.05 bits per heavy atom. The fourth-order valence-electron chi connectivity index (χ4n) is 2.45. The molecule has 114 valence electrons. The molecule has 0 fully saturated rings. The number of hydrogen-bond acceptors (Lipinski definition) is 5. The second-order valence-corrected chi connectivity index (χ2v) is 5.13. The maximum absolute atomic E-state index is 12.0. The van der Waals surface area contributed by atoms with Gasteiger partial charge in [0.05, 0.1) is 11.1 Å². The van der Waals surface area contributed by atoms with Crippen LogP contribution in [0.2, 0.25) is 0 Å². The summed E-state index contributed by atoms with van der Waals surface area (Å²) < 4.78 is 1.74. The topological polar surface area (TPSA) is 84.7 Å². The van der Waals surface area contributed by atoms with Gasteiger partial charge in [0.25, 0.3) is 0 Å². The van der Waals surface area contributed by atoms with E-state index in [1.807, 2.05) is 27.8 Å². The van der Waals surface area contributed by atoms with Crippen LogP contribution >= 0.6 is 0 Å². The molecule has 2 heterocycles. The average Bonchev–Trinajstić information content (AvgIpc) is 2.72. The maximum Gasteiger partial charge on any atom is 0.242 e. The van der Waals surface area contributed by atoms with Crippen LogP contribution in [-0.4, -0.2) is 38.7 Å². The third-order valence-corrected chi connectivity index (χ3v) is 3.42. The van der Waals surface area contributed by atoms with Gasteiger partial charge in [0, 0.05) is 14.1 Å². The number of likely N-dealkylation sites (N-methyl/N-ethyl adjacent to an activating group) is 1. The minimum absolute atomic E-state index is 0.0391. The highest BCUT2D eigenvalue weighted by Crippen LogP contribution is 2.24. The molecule has 0 aliphatic rings. The molecule has 0 aromatic carbocycles. The predicted octanol–water partition coefficient (Wildman–Crippen LogP) is 1.31. The third kappa shape index (κ3) is 2.96. The van der Waals surface area contributed by atoms with E-state index in [1.54, 1.807) is 11.7 Å². The molecular formula is C14H22N6O. The number of hydrogen-bond donors (Lipinski definition) is 2. The first-order valence-electron chi connectivity index (χ1n) is 7.14. The van der Waals surface area contributed by atoms with Gasteiger partial charge in [-0.3, -0.25) is 9.48 Å². The Morgan fingerprint density at radius 3 is 2.67 bits per heavy atom. The summed E-state index contributed by atoms with van der Waals surface area (Å²) >= 11 is 0. The van der Waals surface area contributed by atoms with Crippen LogP contribution in [0.4, 0.5) is 5.82 Å². The minimum atomic E-state index is -0.308. The third-order valence-electron chi connectivity index (χ3n) is 3.42. The first-order chi connectivity index (χ1) is 9.97. The highest BCUT2D eigenvalue weighted by atomic mass is 16.2. The van der Waals surface area contributed by atoms with Crippen LogP contribution in [0.3, 0.4) is 0 Å². The Kier molecular flexibility index (Phi) is 4.40. The summed E-state index contributed by atoms with van der Waals surface area (Å²) in [5.74, 6) is 1.29. The standard InChI is InChI=1S/C14H22N6O/c1-6-7-10(14(21)15-4)18-12-11-8(2)19-20(5)13(11)17-9(3)16-12/h10H,6-7H2,1-5H3,(H,15,21)(H,16,17,18). The van der Waals surface area contributed by atoms with Crippen molar-refractivity contribution in [2.24, 2.45) is 7.05 Å². The van der Waals surface area contributed by atoms with E-state index < -0.39 is 0 Å². The van der Waals surface area contributed by atoms with Crippen molar-refractivity contribution in [1.82, 2.24) is 25.1 Å². The summed E-state index contributed by atoms with van der Waals surface area (Å²) in [7, 11) is 3.50. The van der Waals surface area contributed by atoms with Gasteiger partial charge in [-0.2, -0.15) is 5.10 Å². The Labute approximate surface area is 124 Å². The molecule has 2 aromatic heterocycles. The minimum Gasteiger partial charge on any atom is -0.358 e. The van der Waals surface area contributed by atoms with Gasteiger partial charge in [-0.25, -0.2) is 9.97 Å². The summed E-state index contributed by atoms with van der Waals surface area (Å²) in [6.07, 6.45) is 1.65. The largest absolute Gasteiger partial charge is 0.358 e. The molecule has 21 heavy (non-hydrogen) atoms. The Bertz CT molecular complexity index is 663. The van der Waals surface area contributed by atoms with Gasteiger partial charge in [0.1, 0.15) is 17.7 Å². The van der Waals surface area contributed by atoms with Gasteiger partial charge < -0.3 is 10.6 Å². The van der Waals surface area contributed by atoms with E-state index in [2.05, 4.69) is 25.7 Å². The molecule has 2 N–H and O–H groups in total. The number of aromatic nitrogens is 4. The quantitative estimate of drug-likeness (QED) is 0.867. The summed E-state index contributed by atoms with van der Waals surface area (Å²) in [5.41, 5.74) is 1.62. The zero-order chi connectivity index (χ0) is 15.6. The molecule has 0 spiro atoms. The average molecular weight is 290 g/mol. The second-order valence-electron chi connectivity index (χ2n) is 5.13. The lowest BCUT2D eigenvalue weighted by atomic mass is 10.1. The Hall–Kier alpha value is -2.18. The van der Waals surface area contributed by atoms with Gasteiger partial charge in [0.15, 0.2) is 5.65 Å². The van der Waals surface area contributed by atoms with E-state index in [9.17, 15) is 4.79 Å². The number of carbonyl (C=O) groups excluding carboxylic acids is 1. The first-order valence-corrected chi connectivity index (χ1v) is 7.14. The lowest BCUT2D eigenvalue weighted by Crippen LogP contribution is -2.38. The number of aryl methyl sites for hydroxylation is 3. The lowest BCUT2D eigenvalue weighted by Gasteiger charge is -2.18. The SMILES string of the molecule is CCCC(Nc1nc(C)nc2c1c(C)nn2C)C(=O)NC. The van der Waals surface area contributed by atoms with E-state index in [1.165, 1.54) is 0 Å². The number of rotatable bonds is 5. The number of amides is 1. The van der Waals surface area contributed by atoms with Gasteiger partial charge in [-0.05, 0) is 20.3 Å². The molecule has 7 heteroatoms. The van der Waals surface area contributed by atoms with Crippen molar-refractivity contribution in [1.29, 1.82) is 0 Å². The maximum atomic E-state index is 12.0. The van der Waals surface area contributed by atoms with E-state index >= 15 is 0 Å². The number of nitrogens with zero attached hydrogens (tertiary/aromatic N) is 4. The second kappa shape index (κ2) is 6.07. The molecule has 0 saturated heterocycles. The molecule has 7 nitrogen and oxygen atoms in total. The fraction of sp³-hybridized carbons (Fsp3) is 0.571. The van der Waals surface area contributed by atoms with Gasteiger partial charge in [-0.15, -0.1) is 0 Å².